The Kier molecular flexibility index (Phi) is 3.87. The molecule has 0 saturated heterocycles. The van der Waals surface area contributed by atoms with Crippen LogP contribution < -0.4 is 5.73 Å². The predicted octanol–water partition coefficient (Wildman–Crippen LogP) is 3.47. The first kappa shape index (κ1) is 12.8. The van der Waals surface area contributed by atoms with Gasteiger partial charge >= 0.3 is 5.97 Å². The molecule has 0 saturated carbocycles. The van der Waals surface area contributed by atoms with Crippen LogP contribution in [0.25, 0.3) is 0 Å². The van der Waals surface area contributed by atoms with Crippen molar-refractivity contribution in [2.45, 2.75) is 0 Å². The van der Waals surface area contributed by atoms with Gasteiger partial charge in [-0.05, 0) is 24.3 Å². The Bertz CT molecular complexity index is 609. The van der Waals surface area contributed by atoms with Crippen LogP contribution in [0.2, 0.25) is 0 Å². The first-order chi connectivity index (χ1) is 9.22. The summed E-state index contributed by atoms with van der Waals surface area (Å²) in [5, 5.41) is 8.10. The number of nitrogen functional groups attached to an aromatic ring is 1. The zero-order valence-corrected chi connectivity index (χ0v) is 10.4. The van der Waals surface area contributed by atoms with E-state index in [4.69, 9.17) is 5.73 Å². The van der Waals surface area contributed by atoms with Crippen LogP contribution in [-0.2, 0) is 4.74 Å². The number of azo groups is 1. The fourth-order valence-corrected chi connectivity index (χ4v) is 1.55. The van der Waals surface area contributed by atoms with Crippen molar-refractivity contribution in [3.63, 3.8) is 0 Å². The van der Waals surface area contributed by atoms with Crippen LogP contribution in [0.3, 0.4) is 0 Å². The molecule has 0 amide bonds. The van der Waals surface area contributed by atoms with Crippen molar-refractivity contribution in [1.82, 2.24) is 0 Å². The first-order valence-electron chi connectivity index (χ1n) is 5.66. The van der Waals surface area contributed by atoms with E-state index in [2.05, 4.69) is 15.0 Å². The molecule has 0 radical (unpaired) electrons. The molecule has 5 nitrogen and oxygen atoms in total. The van der Waals surface area contributed by atoms with Crippen molar-refractivity contribution in [1.29, 1.82) is 0 Å². The molecule has 0 aliphatic rings. The number of carbonyl (C=O) groups is 1. The minimum absolute atomic E-state index is 0.294. The number of hydrogen-bond acceptors (Lipinski definition) is 5. The summed E-state index contributed by atoms with van der Waals surface area (Å²) in [5.74, 6) is -0.491. The number of nitrogens with zero attached hydrogens (tertiary/aromatic N) is 2. The Morgan fingerprint density at radius 3 is 2.47 bits per heavy atom. The van der Waals surface area contributed by atoms with E-state index >= 15 is 0 Å². The monoisotopic (exact) mass is 255 g/mol. The summed E-state index contributed by atoms with van der Waals surface area (Å²) in [6.07, 6.45) is 0. The molecule has 0 unspecified atom stereocenters. The third-order valence-electron chi connectivity index (χ3n) is 2.49. The lowest BCUT2D eigenvalue weighted by atomic mass is 10.1. The number of anilines is 1. The third-order valence-corrected chi connectivity index (χ3v) is 2.49. The number of rotatable bonds is 3. The maximum atomic E-state index is 11.6. The second kappa shape index (κ2) is 5.77. The molecule has 2 aromatic rings. The maximum absolute atomic E-state index is 11.6. The first-order valence-corrected chi connectivity index (χ1v) is 5.66. The SMILES string of the molecule is COC(=O)c1cccc(N)c1/N=N/c1ccccc1. The van der Waals surface area contributed by atoms with Gasteiger partial charge in [-0.2, -0.15) is 5.11 Å². The van der Waals surface area contributed by atoms with E-state index in [9.17, 15) is 4.79 Å². The zero-order chi connectivity index (χ0) is 13.7. The Hall–Kier alpha value is -2.69. The topological polar surface area (TPSA) is 77.0 Å². The van der Waals surface area contributed by atoms with Gasteiger partial charge in [0, 0.05) is 0 Å². The van der Waals surface area contributed by atoms with Gasteiger partial charge < -0.3 is 10.5 Å². The molecule has 2 N–H and O–H groups in total. The van der Waals surface area contributed by atoms with Gasteiger partial charge in [0.25, 0.3) is 0 Å². The number of benzene rings is 2. The lowest BCUT2D eigenvalue weighted by molar-refractivity contribution is 0.0601. The smallest absolute Gasteiger partial charge is 0.340 e. The zero-order valence-electron chi connectivity index (χ0n) is 10.4. The number of methoxy groups -OCH3 is 1. The van der Waals surface area contributed by atoms with Gasteiger partial charge in [0.1, 0.15) is 5.69 Å². The molecule has 0 fully saturated rings. The Balaban J connectivity index is 2.39. The molecule has 0 atom stereocenters. The van der Waals surface area contributed by atoms with Crippen LogP contribution in [0.1, 0.15) is 10.4 Å². The summed E-state index contributed by atoms with van der Waals surface area (Å²) < 4.78 is 4.69. The third kappa shape index (κ3) is 2.95. The second-order valence-corrected chi connectivity index (χ2v) is 3.77. The fraction of sp³-hybridized carbons (Fsp3) is 0.0714. The lowest BCUT2D eigenvalue weighted by Crippen LogP contribution is -2.02. The number of nitrogens with two attached hydrogens (primary N) is 1. The molecule has 5 heteroatoms. The standard InChI is InChI=1S/C14H13N3O2/c1-19-14(18)11-8-5-9-12(15)13(11)17-16-10-6-3-2-4-7-10/h2-9H,15H2,1H3/b17-16+. The average Bonchev–Trinajstić information content (AvgIpc) is 2.46. The molecule has 96 valence electrons. The molecular formula is C14H13N3O2. The van der Waals surface area contributed by atoms with Crippen LogP contribution in [0.5, 0.6) is 0 Å². The normalized spacial score (nSPS) is 10.6. The summed E-state index contributed by atoms with van der Waals surface area (Å²) in [6, 6.07) is 14.1. The van der Waals surface area contributed by atoms with Gasteiger partial charge in [-0.1, -0.05) is 24.3 Å². The average molecular weight is 255 g/mol. The van der Waals surface area contributed by atoms with Gasteiger partial charge in [-0.3, -0.25) is 0 Å². The van der Waals surface area contributed by atoms with Crippen molar-refractivity contribution < 1.29 is 9.53 Å². The van der Waals surface area contributed by atoms with Crippen LogP contribution in [-0.4, -0.2) is 13.1 Å². The van der Waals surface area contributed by atoms with Crippen LogP contribution >= 0.6 is 0 Å². The molecular weight excluding hydrogens is 242 g/mol. The Labute approximate surface area is 110 Å². The van der Waals surface area contributed by atoms with Crippen LogP contribution in [0, 0.1) is 0 Å². The van der Waals surface area contributed by atoms with E-state index < -0.39 is 5.97 Å². The molecule has 2 rings (SSSR count). The Morgan fingerprint density at radius 2 is 1.79 bits per heavy atom. The van der Waals surface area contributed by atoms with Crippen molar-refractivity contribution in [2.24, 2.45) is 10.2 Å². The highest BCUT2D eigenvalue weighted by Gasteiger charge is 2.13. The predicted molar refractivity (Wildman–Crippen MR) is 72.8 cm³/mol. The summed E-state index contributed by atoms with van der Waals surface area (Å²) in [5.41, 5.74) is 7.49. The van der Waals surface area contributed by atoms with Crippen molar-refractivity contribution in [2.75, 3.05) is 12.8 Å². The quantitative estimate of drug-likeness (QED) is 0.518. The van der Waals surface area contributed by atoms with Gasteiger partial charge in [-0.15, -0.1) is 5.11 Å². The summed E-state index contributed by atoms with van der Waals surface area (Å²) >= 11 is 0. The van der Waals surface area contributed by atoms with Crippen LogP contribution in [0.15, 0.2) is 58.8 Å². The van der Waals surface area contributed by atoms with Gasteiger partial charge in [0.05, 0.1) is 24.0 Å². The fourth-order valence-electron chi connectivity index (χ4n) is 1.55. The highest BCUT2D eigenvalue weighted by molar-refractivity contribution is 5.97. The second-order valence-electron chi connectivity index (χ2n) is 3.77. The Morgan fingerprint density at radius 1 is 1.05 bits per heavy atom. The largest absolute Gasteiger partial charge is 0.465 e. The van der Waals surface area contributed by atoms with Crippen molar-refractivity contribution >= 4 is 23.0 Å². The van der Waals surface area contributed by atoms with E-state index in [-0.39, 0.29) is 0 Å². The van der Waals surface area contributed by atoms with Gasteiger partial charge in [0.15, 0.2) is 0 Å². The van der Waals surface area contributed by atoms with E-state index in [0.29, 0.717) is 22.6 Å². The molecule has 0 aliphatic heterocycles. The summed E-state index contributed by atoms with van der Waals surface area (Å²) in [7, 11) is 1.31. The molecule has 2 aromatic carbocycles. The van der Waals surface area contributed by atoms with E-state index in [1.807, 2.05) is 18.2 Å². The summed E-state index contributed by atoms with van der Waals surface area (Å²) in [4.78, 5) is 11.6. The van der Waals surface area contributed by atoms with Crippen molar-refractivity contribution in [3.8, 4) is 0 Å². The molecule has 0 heterocycles. The van der Waals surface area contributed by atoms with Crippen LogP contribution in [0.4, 0.5) is 17.1 Å². The highest BCUT2D eigenvalue weighted by Crippen LogP contribution is 2.29. The van der Waals surface area contributed by atoms with E-state index in [1.54, 1.807) is 30.3 Å². The van der Waals surface area contributed by atoms with Gasteiger partial charge in [-0.25, -0.2) is 4.79 Å². The van der Waals surface area contributed by atoms with Gasteiger partial charge in [0.2, 0.25) is 0 Å². The van der Waals surface area contributed by atoms with E-state index in [1.165, 1.54) is 7.11 Å². The highest BCUT2D eigenvalue weighted by atomic mass is 16.5. The number of esters is 1. The molecule has 0 aromatic heterocycles. The summed E-state index contributed by atoms with van der Waals surface area (Å²) in [6.45, 7) is 0. The maximum Gasteiger partial charge on any atom is 0.340 e. The minimum Gasteiger partial charge on any atom is -0.465 e. The van der Waals surface area contributed by atoms with E-state index in [0.717, 1.165) is 0 Å². The molecule has 0 bridgehead atoms. The molecule has 19 heavy (non-hydrogen) atoms. The lowest BCUT2D eigenvalue weighted by Gasteiger charge is -2.05. The molecule has 0 spiro atoms. The van der Waals surface area contributed by atoms with Crippen molar-refractivity contribution in [3.05, 3.63) is 54.1 Å². The molecule has 0 aliphatic carbocycles. The number of hydrogen-bond donors (Lipinski definition) is 1. The minimum atomic E-state index is -0.491. The number of carbonyl (C=O) groups excluding carboxylic acids is 1. The number of ether oxygens (including phenoxy) is 1.